The van der Waals surface area contributed by atoms with Gasteiger partial charge in [0.1, 0.15) is 0 Å². The second-order valence-electron chi connectivity index (χ2n) is 4.89. The topological polar surface area (TPSA) is 30.5 Å². The van der Waals surface area contributed by atoms with Gasteiger partial charge in [0.05, 0.1) is 5.60 Å². The summed E-state index contributed by atoms with van der Waals surface area (Å²) in [5, 5.41) is 3.53. The smallest absolute Gasteiger partial charge is 0.0623 e. The number of methoxy groups -OCH3 is 2. The fraction of sp³-hybridized carbons (Fsp3) is 1.00. The molecule has 16 heavy (non-hydrogen) atoms. The minimum Gasteiger partial charge on any atom is -0.385 e. The highest BCUT2D eigenvalue weighted by molar-refractivity contribution is 4.74. The first kappa shape index (κ1) is 15.9. The number of hydrogen-bond donors (Lipinski definition) is 1. The number of hydrogen-bond acceptors (Lipinski definition) is 3. The molecule has 0 aromatic heterocycles. The number of ether oxygens (including phenoxy) is 2. The molecule has 0 aromatic carbocycles. The quantitative estimate of drug-likeness (QED) is 0.586. The molecule has 0 saturated carbocycles. The molecule has 0 saturated heterocycles. The summed E-state index contributed by atoms with van der Waals surface area (Å²) in [4.78, 5) is 0. The lowest BCUT2D eigenvalue weighted by atomic mass is 9.96. The van der Waals surface area contributed by atoms with Crippen LogP contribution in [0, 0.1) is 0 Å². The van der Waals surface area contributed by atoms with Crippen molar-refractivity contribution in [3.63, 3.8) is 0 Å². The summed E-state index contributed by atoms with van der Waals surface area (Å²) in [5.74, 6) is 0. The van der Waals surface area contributed by atoms with Crippen LogP contribution in [-0.2, 0) is 9.47 Å². The van der Waals surface area contributed by atoms with Crippen molar-refractivity contribution in [2.75, 3.05) is 27.4 Å². The lowest BCUT2D eigenvalue weighted by Crippen LogP contribution is -2.32. The van der Waals surface area contributed by atoms with Crippen molar-refractivity contribution in [2.24, 2.45) is 0 Å². The Balaban J connectivity index is 3.83. The molecular weight excluding hydrogens is 202 g/mol. The largest absolute Gasteiger partial charge is 0.385 e. The third-order valence-corrected chi connectivity index (χ3v) is 3.04. The van der Waals surface area contributed by atoms with Crippen LogP contribution in [-0.4, -0.2) is 39.0 Å². The van der Waals surface area contributed by atoms with Gasteiger partial charge in [-0.25, -0.2) is 0 Å². The molecule has 0 fully saturated rings. The summed E-state index contributed by atoms with van der Waals surface area (Å²) in [7, 11) is 3.55. The van der Waals surface area contributed by atoms with E-state index in [1.807, 2.05) is 0 Å². The minimum atomic E-state index is -0.00503. The van der Waals surface area contributed by atoms with Crippen LogP contribution in [0.25, 0.3) is 0 Å². The van der Waals surface area contributed by atoms with Crippen molar-refractivity contribution in [1.29, 1.82) is 0 Å². The molecule has 0 spiro atoms. The maximum absolute atomic E-state index is 5.44. The highest BCUT2D eigenvalue weighted by atomic mass is 16.5. The van der Waals surface area contributed by atoms with Gasteiger partial charge in [-0.2, -0.15) is 0 Å². The second kappa shape index (κ2) is 8.97. The van der Waals surface area contributed by atoms with Crippen LogP contribution in [0.1, 0.15) is 46.5 Å². The normalized spacial score (nSPS) is 14.1. The Morgan fingerprint density at radius 1 is 1.19 bits per heavy atom. The summed E-state index contributed by atoms with van der Waals surface area (Å²) in [6.07, 6.45) is 4.57. The molecule has 0 radical (unpaired) electrons. The molecule has 0 aliphatic rings. The Bertz CT molecular complexity index is 160. The predicted molar refractivity (Wildman–Crippen MR) is 68.9 cm³/mol. The van der Waals surface area contributed by atoms with E-state index in [1.54, 1.807) is 14.2 Å². The van der Waals surface area contributed by atoms with Crippen LogP contribution in [0.15, 0.2) is 0 Å². The van der Waals surface area contributed by atoms with Gasteiger partial charge in [-0.1, -0.05) is 6.92 Å². The molecule has 1 N–H and O–H groups in total. The van der Waals surface area contributed by atoms with E-state index < -0.39 is 0 Å². The fourth-order valence-corrected chi connectivity index (χ4v) is 1.74. The Labute approximate surface area is 101 Å². The van der Waals surface area contributed by atoms with Gasteiger partial charge in [-0.15, -0.1) is 0 Å². The monoisotopic (exact) mass is 231 g/mol. The zero-order valence-electron chi connectivity index (χ0n) is 11.6. The number of nitrogens with one attached hydrogen (secondary N) is 1. The Kier molecular flexibility index (Phi) is 8.90. The Hall–Kier alpha value is -0.120. The van der Waals surface area contributed by atoms with Gasteiger partial charge in [0.25, 0.3) is 0 Å². The number of rotatable bonds is 10. The maximum Gasteiger partial charge on any atom is 0.0623 e. The average molecular weight is 231 g/mol. The standard InChI is InChI=1S/C13H29NO2/c1-6-14-12(8-7-11-15-4)9-10-13(2,3)16-5/h12,14H,6-11H2,1-5H3. The lowest BCUT2D eigenvalue weighted by molar-refractivity contribution is 0.0114. The summed E-state index contributed by atoms with van der Waals surface area (Å²) < 4.78 is 10.5. The first-order chi connectivity index (χ1) is 7.55. The van der Waals surface area contributed by atoms with Gasteiger partial charge in [0.15, 0.2) is 0 Å². The van der Waals surface area contributed by atoms with Gasteiger partial charge < -0.3 is 14.8 Å². The molecule has 3 heteroatoms. The Morgan fingerprint density at radius 2 is 1.88 bits per heavy atom. The maximum atomic E-state index is 5.44. The predicted octanol–water partition coefficient (Wildman–Crippen LogP) is 2.60. The summed E-state index contributed by atoms with van der Waals surface area (Å²) >= 11 is 0. The van der Waals surface area contributed by atoms with E-state index in [-0.39, 0.29) is 5.60 Å². The van der Waals surface area contributed by atoms with Gasteiger partial charge in [-0.3, -0.25) is 0 Å². The van der Waals surface area contributed by atoms with Crippen molar-refractivity contribution < 1.29 is 9.47 Å². The Morgan fingerprint density at radius 3 is 2.38 bits per heavy atom. The van der Waals surface area contributed by atoms with E-state index in [0.717, 1.165) is 26.0 Å². The molecule has 0 aliphatic heterocycles. The van der Waals surface area contributed by atoms with Crippen LogP contribution in [0.2, 0.25) is 0 Å². The first-order valence-corrected chi connectivity index (χ1v) is 6.33. The average Bonchev–Trinajstić information content (AvgIpc) is 2.26. The van der Waals surface area contributed by atoms with E-state index in [2.05, 4.69) is 26.1 Å². The van der Waals surface area contributed by atoms with Gasteiger partial charge in [0, 0.05) is 26.9 Å². The van der Waals surface area contributed by atoms with Gasteiger partial charge >= 0.3 is 0 Å². The summed E-state index contributed by atoms with van der Waals surface area (Å²) in [5.41, 5.74) is -0.00503. The molecule has 0 aliphatic carbocycles. The van der Waals surface area contributed by atoms with Crippen LogP contribution in [0.5, 0.6) is 0 Å². The zero-order chi connectivity index (χ0) is 12.4. The van der Waals surface area contributed by atoms with Crippen LogP contribution >= 0.6 is 0 Å². The summed E-state index contributed by atoms with van der Waals surface area (Å²) in [6.45, 7) is 8.34. The molecule has 1 unspecified atom stereocenters. The fourth-order valence-electron chi connectivity index (χ4n) is 1.74. The van der Waals surface area contributed by atoms with Crippen molar-refractivity contribution in [2.45, 2.75) is 58.1 Å². The molecule has 0 bridgehead atoms. The van der Waals surface area contributed by atoms with Crippen LogP contribution < -0.4 is 5.32 Å². The van der Waals surface area contributed by atoms with Gasteiger partial charge in [-0.05, 0) is 46.1 Å². The van der Waals surface area contributed by atoms with E-state index in [4.69, 9.17) is 9.47 Å². The molecule has 0 amide bonds. The highest BCUT2D eigenvalue weighted by Crippen LogP contribution is 2.18. The highest BCUT2D eigenvalue weighted by Gasteiger charge is 2.18. The third-order valence-electron chi connectivity index (χ3n) is 3.04. The first-order valence-electron chi connectivity index (χ1n) is 6.33. The SMILES string of the molecule is CCNC(CCCOC)CCC(C)(C)OC. The van der Waals surface area contributed by atoms with Crippen molar-refractivity contribution in [3.05, 3.63) is 0 Å². The molecule has 0 rings (SSSR count). The molecule has 98 valence electrons. The molecule has 0 heterocycles. The molecule has 0 aromatic rings. The summed E-state index contributed by atoms with van der Waals surface area (Å²) in [6, 6.07) is 0.592. The molecular formula is C13H29NO2. The van der Waals surface area contributed by atoms with Crippen molar-refractivity contribution in [1.82, 2.24) is 5.32 Å². The van der Waals surface area contributed by atoms with Crippen molar-refractivity contribution in [3.8, 4) is 0 Å². The van der Waals surface area contributed by atoms with E-state index >= 15 is 0 Å². The van der Waals surface area contributed by atoms with E-state index in [0.29, 0.717) is 6.04 Å². The van der Waals surface area contributed by atoms with E-state index in [9.17, 15) is 0 Å². The van der Waals surface area contributed by atoms with Crippen LogP contribution in [0.3, 0.4) is 0 Å². The molecule has 1 atom stereocenters. The third kappa shape index (κ3) is 8.08. The zero-order valence-corrected chi connectivity index (χ0v) is 11.6. The van der Waals surface area contributed by atoms with E-state index in [1.165, 1.54) is 12.8 Å². The van der Waals surface area contributed by atoms with Crippen LogP contribution in [0.4, 0.5) is 0 Å². The molecule has 3 nitrogen and oxygen atoms in total. The van der Waals surface area contributed by atoms with Crippen molar-refractivity contribution >= 4 is 0 Å². The second-order valence-corrected chi connectivity index (χ2v) is 4.89. The minimum absolute atomic E-state index is 0.00503. The lowest BCUT2D eigenvalue weighted by Gasteiger charge is -2.26. The van der Waals surface area contributed by atoms with Gasteiger partial charge in [0.2, 0.25) is 0 Å².